The molecule has 1 saturated heterocycles. The fraction of sp³-hybridized carbons (Fsp3) is 0.500. The summed E-state index contributed by atoms with van der Waals surface area (Å²) < 4.78 is 55.7. The molecular weight excluding hydrogens is 729 g/mol. The molecule has 16 nitrogen and oxygen atoms in total. The van der Waals surface area contributed by atoms with Crippen molar-refractivity contribution in [1.29, 1.82) is 0 Å². The van der Waals surface area contributed by atoms with Gasteiger partial charge in [-0.2, -0.15) is 0 Å². The lowest BCUT2D eigenvalue weighted by molar-refractivity contribution is -0.396. The normalized spacial score (nSPS) is 17.6. The van der Waals surface area contributed by atoms with Crippen LogP contribution in [0.1, 0.15) is 17.7 Å². The molecule has 0 bridgehead atoms. The molecule has 0 spiro atoms. The van der Waals surface area contributed by atoms with Crippen molar-refractivity contribution in [3.8, 4) is 0 Å². The topological polar surface area (TPSA) is 195 Å². The number of rotatable bonds is 14. The summed E-state index contributed by atoms with van der Waals surface area (Å²) in [5.41, 5.74) is 0.688. The van der Waals surface area contributed by atoms with E-state index < -0.39 is 41.3 Å². The van der Waals surface area contributed by atoms with Gasteiger partial charge in [0.15, 0.2) is 12.3 Å². The molecular formula is C22H30Br2N7O9PS. The molecule has 1 aliphatic rings. The van der Waals surface area contributed by atoms with Gasteiger partial charge < -0.3 is 24.7 Å². The van der Waals surface area contributed by atoms with Crippen molar-refractivity contribution in [3.63, 3.8) is 0 Å². The molecule has 1 aromatic carbocycles. The van der Waals surface area contributed by atoms with Gasteiger partial charge in [-0.3, -0.25) is 9.36 Å². The highest BCUT2D eigenvalue weighted by Gasteiger charge is 2.40. The number of nitrogens with zero attached hydrogens (tertiary/aromatic N) is 5. The predicted molar refractivity (Wildman–Crippen MR) is 158 cm³/mol. The summed E-state index contributed by atoms with van der Waals surface area (Å²) in [5.74, 6) is -0.828. The highest BCUT2D eigenvalue weighted by atomic mass is 79.9. The quantitative estimate of drug-likeness (QED) is 0.124. The van der Waals surface area contributed by atoms with E-state index in [1.165, 1.54) is 31.3 Å². The zero-order valence-electron chi connectivity index (χ0n) is 22.5. The molecule has 1 aliphatic heterocycles. The Morgan fingerprint density at radius 3 is 2.50 bits per heavy atom. The molecule has 2 aromatic rings. The van der Waals surface area contributed by atoms with Crippen molar-refractivity contribution in [2.24, 2.45) is 7.05 Å². The first-order valence-corrected chi connectivity index (χ1v) is 17.7. The van der Waals surface area contributed by atoms with Crippen LogP contribution >= 0.6 is 39.5 Å². The van der Waals surface area contributed by atoms with Crippen LogP contribution in [0.4, 0.5) is 10.7 Å². The number of benzene rings is 1. The fourth-order valence-electron chi connectivity index (χ4n) is 3.92. The second-order valence-corrected chi connectivity index (χ2v) is 14.5. The molecule has 1 unspecified atom stereocenters. The van der Waals surface area contributed by atoms with Crippen LogP contribution in [0.3, 0.4) is 0 Å². The van der Waals surface area contributed by atoms with E-state index in [0.29, 0.717) is 48.9 Å². The molecule has 20 heteroatoms. The Balaban J connectivity index is 1.53. The minimum Gasteiger partial charge on any atom is -0.441 e. The Labute approximate surface area is 259 Å². The van der Waals surface area contributed by atoms with Crippen LogP contribution in [-0.4, -0.2) is 87.8 Å². The molecule has 0 aliphatic carbocycles. The van der Waals surface area contributed by atoms with Gasteiger partial charge in [0.25, 0.3) is 10.0 Å². The molecule has 1 fully saturated rings. The van der Waals surface area contributed by atoms with E-state index in [1.807, 2.05) is 0 Å². The first-order chi connectivity index (χ1) is 19.9. The largest absolute Gasteiger partial charge is 0.441 e. The summed E-state index contributed by atoms with van der Waals surface area (Å²) >= 11 is 6.75. The lowest BCUT2D eigenvalue weighted by Crippen LogP contribution is -2.44. The van der Waals surface area contributed by atoms with E-state index >= 15 is 0 Å². The van der Waals surface area contributed by atoms with Gasteiger partial charge in [-0.15, -0.1) is 0 Å². The summed E-state index contributed by atoms with van der Waals surface area (Å²) in [6.45, 7) is 1.43. The summed E-state index contributed by atoms with van der Waals surface area (Å²) in [4.78, 5) is 38.2. The van der Waals surface area contributed by atoms with Gasteiger partial charge in [0.1, 0.15) is 6.20 Å². The van der Waals surface area contributed by atoms with Gasteiger partial charge in [0, 0.05) is 30.3 Å². The van der Waals surface area contributed by atoms with E-state index in [4.69, 9.17) is 9.26 Å². The second kappa shape index (κ2) is 15.4. The smallest absolute Gasteiger partial charge is 0.434 e. The number of amides is 2. The number of hydrogen-bond acceptors (Lipinski definition) is 10. The summed E-state index contributed by atoms with van der Waals surface area (Å²) in [5, 5.41) is 14.8. The molecule has 2 heterocycles. The SMILES string of the molecule is Cn1c(COC(=O)NS(=O)(=O)c2ccc(CC(=O)NCN3CCCOP3(=O)N(CCBr)CCBr)cc2)cnc1[N+](=O)[O-]. The summed E-state index contributed by atoms with van der Waals surface area (Å²) in [6.07, 6.45) is 0.447. The number of nitro groups is 1. The average molecular weight is 759 g/mol. The number of carbonyl (C=O) groups is 2. The van der Waals surface area contributed by atoms with Crippen LogP contribution in [0.15, 0.2) is 35.4 Å². The number of sulfonamides is 1. The van der Waals surface area contributed by atoms with Gasteiger partial charge >= 0.3 is 19.7 Å². The van der Waals surface area contributed by atoms with Crippen molar-refractivity contribution in [2.45, 2.75) is 24.3 Å². The number of carbonyl (C=O) groups excluding carboxylic acids is 2. The molecule has 1 aromatic heterocycles. The zero-order valence-corrected chi connectivity index (χ0v) is 27.4. The Morgan fingerprint density at radius 2 is 1.90 bits per heavy atom. The van der Waals surface area contributed by atoms with E-state index in [1.54, 1.807) is 14.1 Å². The number of halogens is 2. The van der Waals surface area contributed by atoms with Crippen LogP contribution in [-0.2, 0) is 48.7 Å². The van der Waals surface area contributed by atoms with E-state index in [2.05, 4.69) is 42.2 Å². The van der Waals surface area contributed by atoms with Crippen LogP contribution in [0.2, 0.25) is 0 Å². The Kier molecular flexibility index (Phi) is 12.5. The first-order valence-electron chi connectivity index (χ1n) is 12.5. The molecule has 2 amide bonds. The van der Waals surface area contributed by atoms with Crippen molar-refractivity contribution >= 4 is 67.5 Å². The van der Waals surface area contributed by atoms with Crippen molar-refractivity contribution < 1.29 is 36.8 Å². The standard InChI is InChI=1S/C22H30Br2N7O9PS/c1-28-18(14-25-21(28)31(34)35)15-39-22(33)27-42(37,38)19-5-3-17(4-6-19)13-20(32)26-16-30-9-2-12-40-41(30,36)29(10-7-23)11-8-24/h3-6,14H,2,7-13,15-16H2,1H3,(H,26,32)(H,27,33). The Hall–Kier alpha value is -2.41. The number of aromatic nitrogens is 2. The number of ether oxygens (including phenoxy) is 1. The van der Waals surface area contributed by atoms with Crippen molar-refractivity contribution in [2.75, 3.05) is 43.6 Å². The molecule has 3 rings (SSSR count). The lowest BCUT2D eigenvalue weighted by Gasteiger charge is -2.40. The Morgan fingerprint density at radius 1 is 1.24 bits per heavy atom. The second-order valence-electron chi connectivity index (χ2n) is 8.87. The molecule has 0 radical (unpaired) electrons. The minimum absolute atomic E-state index is 0.0157. The van der Waals surface area contributed by atoms with Crippen LogP contribution in [0.25, 0.3) is 0 Å². The monoisotopic (exact) mass is 757 g/mol. The third-order valence-electron chi connectivity index (χ3n) is 6.07. The fourth-order valence-corrected chi connectivity index (χ4v) is 8.61. The van der Waals surface area contributed by atoms with Crippen molar-refractivity contribution in [3.05, 3.63) is 51.8 Å². The Bertz CT molecular complexity index is 1420. The average Bonchev–Trinajstić information content (AvgIpc) is 3.31. The molecule has 2 N–H and O–H groups in total. The molecule has 232 valence electrons. The molecule has 1 atom stereocenters. The van der Waals surface area contributed by atoms with Gasteiger partial charge in [-0.05, 0) is 29.0 Å². The maximum atomic E-state index is 13.7. The zero-order chi connectivity index (χ0) is 30.9. The third-order valence-corrected chi connectivity index (χ3v) is 10.8. The number of imidazole rings is 1. The maximum Gasteiger partial charge on any atom is 0.434 e. The van der Waals surface area contributed by atoms with E-state index in [9.17, 15) is 32.7 Å². The lowest BCUT2D eigenvalue weighted by atomic mass is 10.1. The van der Waals surface area contributed by atoms with Gasteiger partial charge in [0.2, 0.25) is 5.91 Å². The first kappa shape index (κ1) is 34.1. The van der Waals surface area contributed by atoms with Crippen molar-refractivity contribution in [1.82, 2.24) is 28.9 Å². The molecule has 42 heavy (non-hydrogen) atoms. The summed E-state index contributed by atoms with van der Waals surface area (Å²) in [6, 6.07) is 5.31. The highest BCUT2D eigenvalue weighted by Crippen LogP contribution is 2.55. The third kappa shape index (κ3) is 8.81. The highest BCUT2D eigenvalue weighted by molar-refractivity contribution is 9.09. The van der Waals surface area contributed by atoms with Gasteiger partial charge in [0.05, 0.1) is 31.6 Å². The predicted octanol–water partition coefficient (Wildman–Crippen LogP) is 2.48. The summed E-state index contributed by atoms with van der Waals surface area (Å²) in [7, 11) is -6.27. The number of nitrogens with one attached hydrogen (secondary N) is 2. The van der Waals surface area contributed by atoms with E-state index in [-0.39, 0.29) is 29.6 Å². The van der Waals surface area contributed by atoms with Crippen LogP contribution in [0.5, 0.6) is 0 Å². The molecule has 0 saturated carbocycles. The van der Waals surface area contributed by atoms with Gasteiger partial charge in [-0.25, -0.2) is 31.8 Å². The maximum absolute atomic E-state index is 13.7. The van der Waals surface area contributed by atoms with Crippen LogP contribution in [0, 0.1) is 10.1 Å². The van der Waals surface area contributed by atoms with Gasteiger partial charge in [-0.1, -0.05) is 49.0 Å². The number of hydrogen-bond donors (Lipinski definition) is 2. The minimum atomic E-state index is -4.30. The number of alkyl halides is 2. The van der Waals surface area contributed by atoms with Crippen LogP contribution < -0.4 is 10.0 Å². The van der Waals surface area contributed by atoms with E-state index in [0.717, 1.165) is 10.8 Å².